The van der Waals surface area contributed by atoms with Crippen molar-refractivity contribution in [2.75, 3.05) is 6.54 Å². The van der Waals surface area contributed by atoms with Gasteiger partial charge in [-0.15, -0.1) is 0 Å². The molecule has 0 fully saturated rings. The Balaban J connectivity index is 2.48. The summed E-state index contributed by atoms with van der Waals surface area (Å²) in [4.78, 5) is 0. The Labute approximate surface area is 104 Å². The molecule has 1 aromatic heterocycles. The van der Waals surface area contributed by atoms with Crippen LogP contribution in [0, 0.1) is 5.92 Å². The first-order chi connectivity index (χ1) is 8.31. The molecule has 1 rings (SSSR count). The van der Waals surface area contributed by atoms with Gasteiger partial charge in [-0.05, 0) is 24.1 Å². The van der Waals surface area contributed by atoms with Gasteiger partial charge in [0.1, 0.15) is 0 Å². The molecule has 0 unspecified atom stereocenters. The largest absolute Gasteiger partial charge is 0.348 e. The van der Waals surface area contributed by atoms with Gasteiger partial charge in [0.2, 0.25) is 0 Å². The van der Waals surface area contributed by atoms with Gasteiger partial charge in [0.25, 0.3) is 0 Å². The van der Waals surface area contributed by atoms with Gasteiger partial charge < -0.3 is 9.88 Å². The van der Waals surface area contributed by atoms with E-state index < -0.39 is 18.9 Å². The zero-order chi connectivity index (χ0) is 13.8. The second kappa shape index (κ2) is 6.22. The minimum atomic E-state index is -3.98. The Morgan fingerprint density at radius 1 is 1.33 bits per heavy atom. The molecule has 1 N–H and O–H groups in total. The Bertz CT molecular complexity index is 361. The molecule has 6 heteroatoms. The number of halogens is 4. The van der Waals surface area contributed by atoms with Gasteiger partial charge in [-0.3, -0.25) is 0 Å². The molecule has 0 atom stereocenters. The van der Waals surface area contributed by atoms with Crippen LogP contribution in [0.2, 0.25) is 0 Å². The van der Waals surface area contributed by atoms with E-state index in [1.54, 1.807) is 6.07 Å². The lowest BCUT2D eigenvalue weighted by molar-refractivity contribution is -0.137. The molecule has 0 aromatic carbocycles. The van der Waals surface area contributed by atoms with E-state index in [1.165, 1.54) is 12.4 Å². The second-order valence-corrected chi connectivity index (χ2v) is 4.78. The normalized spacial score (nSPS) is 12.7. The van der Waals surface area contributed by atoms with E-state index in [-0.39, 0.29) is 0 Å². The Morgan fingerprint density at radius 3 is 2.56 bits per heavy atom. The second-order valence-electron chi connectivity index (χ2n) is 4.78. The Hall–Kier alpha value is -1.04. The summed E-state index contributed by atoms with van der Waals surface area (Å²) in [6.45, 7) is 4.49. The molecule has 0 radical (unpaired) electrons. The Kier molecular flexibility index (Phi) is 5.19. The minimum Gasteiger partial charge on any atom is -0.348 e. The molecule has 1 aromatic rings. The van der Waals surface area contributed by atoms with E-state index in [1.807, 2.05) is 0 Å². The molecule has 0 spiro atoms. The highest BCUT2D eigenvalue weighted by atomic mass is 19.3. The average Bonchev–Trinajstić information content (AvgIpc) is 2.64. The van der Waals surface area contributed by atoms with E-state index in [9.17, 15) is 17.6 Å². The van der Waals surface area contributed by atoms with Gasteiger partial charge in [-0.25, -0.2) is 8.78 Å². The number of alkyl halides is 4. The van der Waals surface area contributed by atoms with Gasteiger partial charge in [-0.2, -0.15) is 8.78 Å². The smallest absolute Gasteiger partial charge is 0.324 e. The third-order valence-electron chi connectivity index (χ3n) is 2.41. The van der Waals surface area contributed by atoms with Crippen LogP contribution < -0.4 is 5.32 Å². The number of hydrogen-bond acceptors (Lipinski definition) is 1. The van der Waals surface area contributed by atoms with Crippen molar-refractivity contribution in [2.24, 2.45) is 5.92 Å². The third kappa shape index (κ3) is 4.68. The lowest BCUT2D eigenvalue weighted by atomic mass is 10.2. The van der Waals surface area contributed by atoms with E-state index in [2.05, 4.69) is 19.2 Å². The molecule has 1 heterocycles. The van der Waals surface area contributed by atoms with Crippen LogP contribution in [0.15, 0.2) is 18.5 Å². The first-order valence-corrected chi connectivity index (χ1v) is 5.82. The summed E-state index contributed by atoms with van der Waals surface area (Å²) < 4.78 is 50.8. The maximum Gasteiger partial charge on any atom is 0.324 e. The minimum absolute atomic E-state index is 0.496. The predicted molar refractivity (Wildman–Crippen MR) is 61.9 cm³/mol. The summed E-state index contributed by atoms with van der Waals surface area (Å²) in [5.41, 5.74) is 0.806. The number of rotatable bonds is 7. The highest BCUT2D eigenvalue weighted by Crippen LogP contribution is 2.25. The van der Waals surface area contributed by atoms with Crippen molar-refractivity contribution in [3.05, 3.63) is 24.0 Å². The van der Waals surface area contributed by atoms with Crippen molar-refractivity contribution in [1.29, 1.82) is 0 Å². The van der Waals surface area contributed by atoms with Crippen molar-refractivity contribution >= 4 is 0 Å². The maximum absolute atomic E-state index is 12.8. The fourth-order valence-electron chi connectivity index (χ4n) is 1.51. The van der Waals surface area contributed by atoms with Gasteiger partial charge in [0.05, 0.1) is 6.54 Å². The summed E-state index contributed by atoms with van der Waals surface area (Å²) in [5, 5.41) is 3.15. The average molecular weight is 266 g/mol. The van der Waals surface area contributed by atoms with Crippen LogP contribution in [-0.2, 0) is 13.1 Å². The topological polar surface area (TPSA) is 17.0 Å². The van der Waals surface area contributed by atoms with Crippen LogP contribution in [0.4, 0.5) is 17.6 Å². The predicted octanol–water partition coefficient (Wildman–Crippen LogP) is 3.13. The SMILES string of the molecule is CC(C)CNCc1ccn(CC(F)(F)C(F)F)c1. The summed E-state index contributed by atoms with van der Waals surface area (Å²) in [6, 6.07) is 1.65. The molecule has 0 aliphatic rings. The highest BCUT2D eigenvalue weighted by Gasteiger charge is 2.40. The van der Waals surface area contributed by atoms with Crippen molar-refractivity contribution < 1.29 is 17.6 Å². The molecule has 0 aliphatic heterocycles. The van der Waals surface area contributed by atoms with Gasteiger partial charge in [-0.1, -0.05) is 13.8 Å². The van der Waals surface area contributed by atoms with Crippen LogP contribution in [0.25, 0.3) is 0 Å². The van der Waals surface area contributed by atoms with Crippen LogP contribution in [0.5, 0.6) is 0 Å². The molecule has 18 heavy (non-hydrogen) atoms. The van der Waals surface area contributed by atoms with E-state index in [4.69, 9.17) is 0 Å². The van der Waals surface area contributed by atoms with E-state index in [0.29, 0.717) is 12.5 Å². The Morgan fingerprint density at radius 2 is 2.00 bits per heavy atom. The molecular formula is C12H18F4N2. The zero-order valence-corrected chi connectivity index (χ0v) is 10.5. The summed E-state index contributed by atoms with van der Waals surface area (Å²) in [5.74, 6) is -3.49. The van der Waals surface area contributed by atoms with Gasteiger partial charge in [0.15, 0.2) is 0 Å². The summed E-state index contributed by atoms with van der Waals surface area (Å²) >= 11 is 0. The van der Waals surface area contributed by atoms with Crippen molar-refractivity contribution in [3.8, 4) is 0 Å². The molecule has 104 valence electrons. The number of nitrogens with zero attached hydrogens (tertiary/aromatic N) is 1. The van der Waals surface area contributed by atoms with Crippen LogP contribution >= 0.6 is 0 Å². The van der Waals surface area contributed by atoms with Crippen LogP contribution in [0.3, 0.4) is 0 Å². The molecule has 0 saturated carbocycles. The molecule has 0 amide bonds. The van der Waals surface area contributed by atoms with Crippen molar-refractivity contribution in [2.45, 2.75) is 39.3 Å². The molecular weight excluding hydrogens is 248 g/mol. The van der Waals surface area contributed by atoms with Crippen LogP contribution in [0.1, 0.15) is 19.4 Å². The van der Waals surface area contributed by atoms with Gasteiger partial charge in [0, 0.05) is 18.9 Å². The fraction of sp³-hybridized carbons (Fsp3) is 0.667. The van der Waals surface area contributed by atoms with Crippen molar-refractivity contribution in [3.63, 3.8) is 0 Å². The first-order valence-electron chi connectivity index (χ1n) is 5.82. The molecule has 0 bridgehead atoms. The number of hydrogen-bond donors (Lipinski definition) is 1. The lowest BCUT2D eigenvalue weighted by Gasteiger charge is -2.15. The first kappa shape index (κ1) is 15.0. The monoisotopic (exact) mass is 266 g/mol. The maximum atomic E-state index is 12.8. The van der Waals surface area contributed by atoms with Gasteiger partial charge >= 0.3 is 12.3 Å². The fourth-order valence-corrected chi connectivity index (χ4v) is 1.51. The van der Waals surface area contributed by atoms with E-state index in [0.717, 1.165) is 16.7 Å². The quantitative estimate of drug-likeness (QED) is 0.750. The molecule has 2 nitrogen and oxygen atoms in total. The standard InChI is InChI=1S/C12H18F4N2/c1-9(2)5-17-6-10-3-4-18(7-10)8-12(15,16)11(13)14/h3-4,7,9,11,17H,5-6,8H2,1-2H3. The number of aromatic nitrogens is 1. The summed E-state index contributed by atoms with van der Waals surface area (Å²) in [6.07, 6.45) is -0.783. The highest BCUT2D eigenvalue weighted by molar-refractivity contribution is 5.10. The number of nitrogens with one attached hydrogen (secondary N) is 1. The van der Waals surface area contributed by atoms with Crippen molar-refractivity contribution in [1.82, 2.24) is 9.88 Å². The third-order valence-corrected chi connectivity index (χ3v) is 2.41. The molecule has 0 aliphatic carbocycles. The zero-order valence-electron chi connectivity index (χ0n) is 10.5. The lowest BCUT2D eigenvalue weighted by Crippen LogP contribution is -2.31. The molecule has 0 saturated heterocycles. The van der Waals surface area contributed by atoms with E-state index >= 15 is 0 Å². The van der Waals surface area contributed by atoms with Crippen LogP contribution in [-0.4, -0.2) is 23.5 Å². The summed E-state index contributed by atoms with van der Waals surface area (Å²) in [7, 11) is 0.